The Bertz CT molecular complexity index is 2310. The van der Waals surface area contributed by atoms with Gasteiger partial charge in [0.25, 0.3) is 0 Å². The molecule has 0 saturated carbocycles. The van der Waals surface area contributed by atoms with Crippen LogP contribution in [0.4, 0.5) is 173 Å². The van der Waals surface area contributed by atoms with E-state index in [-0.39, 0.29) is 0 Å². The maximum Gasteiger partial charge on any atom is 0.460 e. The number of hydrogen-bond acceptors (Lipinski definition) is 3. The molecule has 2 unspecified atom stereocenters. The van der Waals surface area contributed by atoms with Gasteiger partial charge in [0.15, 0.2) is 11.5 Å². The molecule has 1 saturated heterocycles. The molecule has 0 spiro atoms. The van der Waals surface area contributed by atoms with Crippen molar-refractivity contribution in [3.05, 3.63) is 53.0 Å². The summed E-state index contributed by atoms with van der Waals surface area (Å²) in [4.78, 5) is 1.53. The Morgan fingerprint density at radius 1 is 0.384 bits per heavy atom. The molecular formula is C32H13F38N3. The zero-order valence-corrected chi connectivity index (χ0v) is 32.9. The molecule has 2 aromatic rings. The minimum absolute atomic E-state index is 0.551. The van der Waals surface area contributed by atoms with Crippen LogP contribution in [0.25, 0.3) is 0 Å². The molecule has 3 rings (SSSR count). The summed E-state index contributed by atoms with van der Waals surface area (Å²) in [5.74, 6) is -132. The van der Waals surface area contributed by atoms with Crippen LogP contribution in [0.3, 0.4) is 0 Å². The van der Waals surface area contributed by atoms with E-state index in [9.17, 15) is 119 Å². The molecule has 1 aliphatic heterocycles. The maximum absolute atomic E-state index is 16.0. The summed E-state index contributed by atoms with van der Waals surface area (Å²) in [5.41, 5.74) is -16.3. The standard InChI is InChI=1S/C32H13F38N3/c33-12(16(34,35)19(40,41)24(50,51)27(56,57)30(62,63)64)11-13(17(36,37)20(42,43)22(46,47)25(52,53)28(58,59)31(65,66)67)72-14(15(71-11)73-8-4-7-10(73)9-5-2-1-3-6-9)18(38,39)21(44,45)23(48,49)26(54,55)29(60,61)32(68,69)70/h1-3,5-6,10,12H,4,7-8H2. The second-order valence-corrected chi connectivity index (χ2v) is 14.8. The van der Waals surface area contributed by atoms with E-state index in [4.69, 9.17) is 0 Å². The third-order valence-electron chi connectivity index (χ3n) is 10.2. The van der Waals surface area contributed by atoms with Gasteiger partial charge in [0, 0.05) is 6.54 Å². The summed E-state index contributed by atoms with van der Waals surface area (Å²) in [5, 5.41) is 0. The van der Waals surface area contributed by atoms with Crippen molar-refractivity contribution < 1.29 is 167 Å². The normalized spacial score (nSPS) is 18.4. The van der Waals surface area contributed by atoms with Gasteiger partial charge in [0.1, 0.15) is 11.4 Å². The van der Waals surface area contributed by atoms with Gasteiger partial charge in [-0.25, -0.2) is 14.4 Å². The Hall–Kier alpha value is -4.56. The average Bonchev–Trinajstić information content (AvgIpc) is 3.71. The Kier molecular flexibility index (Phi) is 14.8. The highest BCUT2D eigenvalue weighted by Gasteiger charge is 2.94. The van der Waals surface area contributed by atoms with Crippen LogP contribution in [0.2, 0.25) is 0 Å². The topological polar surface area (TPSA) is 29.0 Å². The van der Waals surface area contributed by atoms with Crippen LogP contribution < -0.4 is 4.90 Å². The molecule has 1 aromatic heterocycles. The fraction of sp³-hybridized carbons (Fsp3) is 0.688. The number of hydrogen-bond donors (Lipinski definition) is 0. The molecule has 3 nitrogen and oxygen atoms in total. The van der Waals surface area contributed by atoms with Crippen molar-refractivity contribution in [2.75, 3.05) is 11.4 Å². The Labute approximate surface area is 374 Å². The molecule has 422 valence electrons. The van der Waals surface area contributed by atoms with Crippen molar-refractivity contribution >= 4 is 5.82 Å². The minimum atomic E-state index is -9.60. The van der Waals surface area contributed by atoms with Crippen molar-refractivity contribution in [2.45, 2.75) is 126 Å². The smallest absolute Gasteiger partial charge is 0.348 e. The highest BCUT2D eigenvalue weighted by atomic mass is 19.5. The van der Waals surface area contributed by atoms with E-state index in [2.05, 4.69) is 0 Å². The lowest BCUT2D eigenvalue weighted by Gasteiger charge is -2.42. The summed E-state index contributed by atoms with van der Waals surface area (Å²) >= 11 is 0. The molecule has 1 aliphatic rings. The highest BCUT2D eigenvalue weighted by molar-refractivity contribution is 5.53. The first-order valence-corrected chi connectivity index (χ1v) is 17.6. The Balaban J connectivity index is 2.83. The van der Waals surface area contributed by atoms with Crippen LogP contribution in [-0.2, 0) is 11.8 Å². The summed E-state index contributed by atoms with van der Waals surface area (Å²) in [7, 11) is 0. The maximum atomic E-state index is 16.0. The molecular weight excluding hydrogens is 1150 g/mol. The first-order chi connectivity index (χ1) is 31.7. The second-order valence-electron chi connectivity index (χ2n) is 14.8. The highest BCUT2D eigenvalue weighted by Crippen LogP contribution is 2.67. The molecule has 1 aromatic carbocycles. The van der Waals surface area contributed by atoms with Gasteiger partial charge in [-0.3, -0.25) is 0 Å². The molecule has 0 aliphatic carbocycles. The quantitative estimate of drug-likeness (QED) is 0.148. The number of benzene rings is 1. The number of nitrogens with zero attached hydrogens (tertiary/aromatic N) is 3. The zero-order valence-electron chi connectivity index (χ0n) is 32.9. The van der Waals surface area contributed by atoms with E-state index in [0.717, 1.165) is 23.2 Å². The van der Waals surface area contributed by atoms with E-state index in [1.54, 1.807) is 0 Å². The van der Waals surface area contributed by atoms with Crippen molar-refractivity contribution in [2.24, 2.45) is 0 Å². The molecule has 2 heterocycles. The molecule has 0 radical (unpaired) electrons. The number of anilines is 1. The van der Waals surface area contributed by atoms with E-state index >= 15 is 48.3 Å². The lowest BCUT2D eigenvalue weighted by molar-refractivity contribution is -0.443. The summed E-state index contributed by atoms with van der Waals surface area (Å²) in [6.07, 6.45) is -34.5. The predicted octanol–water partition coefficient (Wildman–Crippen LogP) is 15.3. The number of aromatic nitrogens is 2. The van der Waals surface area contributed by atoms with E-state index in [0.29, 0.717) is 12.1 Å². The first kappa shape index (κ1) is 62.7. The van der Waals surface area contributed by atoms with Gasteiger partial charge in [0.2, 0.25) is 6.17 Å². The van der Waals surface area contributed by atoms with Crippen molar-refractivity contribution in [1.82, 2.24) is 9.97 Å². The molecule has 0 N–H and O–H groups in total. The number of alkyl halides is 38. The SMILES string of the molecule is FC(c1nc(N2CCCC2c2ccccc2)c(C(F)(F)C(F)(F)C(F)(F)C(F)(F)C(F)(F)C(F)(F)F)nc1C(F)(F)C(F)(F)C(F)(F)C(F)(F)C(F)(F)C(F)(F)F)C(F)(F)C(F)(F)C(F)(F)C(F)(F)C(F)(F)F. The van der Waals surface area contributed by atoms with Gasteiger partial charge < -0.3 is 4.90 Å². The van der Waals surface area contributed by atoms with Crippen LogP contribution in [0.5, 0.6) is 0 Å². The average molecular weight is 1160 g/mol. The van der Waals surface area contributed by atoms with Crippen molar-refractivity contribution in [3.63, 3.8) is 0 Å². The number of halogens is 38. The van der Waals surface area contributed by atoms with Gasteiger partial charge in [-0.05, 0) is 18.4 Å². The zero-order chi connectivity index (χ0) is 58.2. The van der Waals surface area contributed by atoms with Crippen LogP contribution >= 0.6 is 0 Å². The molecule has 1 fully saturated rings. The third-order valence-corrected chi connectivity index (χ3v) is 10.2. The monoisotopic (exact) mass is 1160 g/mol. The number of rotatable bonds is 17. The molecule has 0 bridgehead atoms. The third kappa shape index (κ3) is 8.40. The summed E-state index contributed by atoms with van der Waals surface area (Å²) in [6.45, 7) is -1.77. The van der Waals surface area contributed by atoms with Gasteiger partial charge in [-0.15, -0.1) is 0 Å². The van der Waals surface area contributed by atoms with Crippen LogP contribution in [0.15, 0.2) is 30.3 Å². The Morgan fingerprint density at radius 2 is 0.699 bits per heavy atom. The summed E-state index contributed by atoms with van der Waals surface area (Å²) < 4.78 is 540. The van der Waals surface area contributed by atoms with Gasteiger partial charge in [-0.2, -0.15) is 162 Å². The van der Waals surface area contributed by atoms with Gasteiger partial charge in [-0.1, -0.05) is 30.3 Å². The lowest BCUT2D eigenvalue weighted by Crippen LogP contribution is -2.70. The predicted molar refractivity (Wildman–Crippen MR) is 157 cm³/mol. The Morgan fingerprint density at radius 3 is 1.04 bits per heavy atom. The lowest BCUT2D eigenvalue weighted by atomic mass is 9.88. The van der Waals surface area contributed by atoms with Gasteiger partial charge in [0.05, 0.1) is 6.04 Å². The molecule has 73 heavy (non-hydrogen) atoms. The molecule has 41 heteroatoms. The van der Waals surface area contributed by atoms with Crippen LogP contribution in [-0.4, -0.2) is 106 Å². The summed E-state index contributed by atoms with van der Waals surface area (Å²) in [6, 6.07) is 0.909. The molecule has 0 amide bonds. The van der Waals surface area contributed by atoms with Gasteiger partial charge >= 0.3 is 101 Å². The van der Waals surface area contributed by atoms with E-state index in [1.165, 1.54) is 4.98 Å². The first-order valence-electron chi connectivity index (χ1n) is 17.6. The second kappa shape index (κ2) is 17.2. The fourth-order valence-electron chi connectivity index (χ4n) is 6.05. The largest absolute Gasteiger partial charge is 0.460 e. The van der Waals surface area contributed by atoms with Crippen LogP contribution in [0.1, 0.15) is 47.7 Å². The van der Waals surface area contributed by atoms with Crippen molar-refractivity contribution in [1.29, 1.82) is 0 Å². The molecule has 2 atom stereocenters. The fourth-order valence-corrected chi connectivity index (χ4v) is 6.05. The van der Waals surface area contributed by atoms with E-state index < -0.39 is 166 Å². The van der Waals surface area contributed by atoms with E-state index in [1.807, 2.05) is 0 Å². The van der Waals surface area contributed by atoms with Crippen LogP contribution in [0, 0.1) is 0 Å². The minimum Gasteiger partial charge on any atom is -0.348 e. The van der Waals surface area contributed by atoms with Crippen molar-refractivity contribution in [3.8, 4) is 0 Å².